The van der Waals surface area contributed by atoms with Gasteiger partial charge in [-0.25, -0.2) is 0 Å². The van der Waals surface area contributed by atoms with Crippen LogP contribution in [0.1, 0.15) is 44.4 Å². The Labute approximate surface area is 119 Å². The molecular formula is C15H24N2OS. The van der Waals surface area contributed by atoms with Crippen LogP contribution in [0.4, 0.5) is 0 Å². The van der Waals surface area contributed by atoms with E-state index in [1.807, 2.05) is 0 Å². The molecule has 0 unspecified atom stereocenters. The largest absolute Gasteiger partial charge is 0.355 e. The van der Waals surface area contributed by atoms with Crippen molar-refractivity contribution >= 4 is 17.2 Å². The van der Waals surface area contributed by atoms with Crippen molar-refractivity contribution in [1.82, 2.24) is 5.32 Å². The molecule has 2 atom stereocenters. The number of carbonyl (C=O) groups is 1. The van der Waals surface area contributed by atoms with Gasteiger partial charge in [0.1, 0.15) is 0 Å². The smallest absolute Gasteiger partial charge is 0.220 e. The standard InChI is InChI=1S/C15H24N2OS/c1-15(2,13-7-4-8-19-13)10-17-14(18)9-11-5-3-6-12(11)16/h4,7-8,11-12H,3,5-6,9-10,16H2,1-2H3,(H,17,18)/t11-,12+/m0/s1. The predicted octanol–water partition coefficient (Wildman–Crippen LogP) is 2.66. The SMILES string of the molecule is CC(C)(CNC(=O)C[C@@H]1CCC[C@H]1N)c1cccs1. The average Bonchev–Trinajstić information content (AvgIpc) is 3.00. The summed E-state index contributed by atoms with van der Waals surface area (Å²) >= 11 is 1.74. The molecule has 3 N–H and O–H groups in total. The van der Waals surface area contributed by atoms with Crippen LogP contribution in [0, 0.1) is 5.92 Å². The molecule has 1 amide bonds. The first-order chi connectivity index (χ1) is 8.99. The van der Waals surface area contributed by atoms with Gasteiger partial charge in [0, 0.05) is 29.3 Å². The first kappa shape index (κ1) is 14.5. The molecule has 0 spiro atoms. The Morgan fingerprint density at radius 1 is 1.53 bits per heavy atom. The lowest BCUT2D eigenvalue weighted by molar-refractivity contribution is -0.122. The van der Waals surface area contributed by atoms with Crippen LogP contribution in [-0.4, -0.2) is 18.5 Å². The Morgan fingerprint density at radius 2 is 2.32 bits per heavy atom. The van der Waals surface area contributed by atoms with Gasteiger partial charge in [-0.05, 0) is 30.2 Å². The van der Waals surface area contributed by atoms with Crippen LogP contribution in [0.3, 0.4) is 0 Å². The van der Waals surface area contributed by atoms with E-state index in [0.29, 0.717) is 18.9 Å². The summed E-state index contributed by atoms with van der Waals surface area (Å²) < 4.78 is 0. The fourth-order valence-electron chi connectivity index (χ4n) is 2.70. The second kappa shape index (κ2) is 6.06. The van der Waals surface area contributed by atoms with Gasteiger partial charge in [0.25, 0.3) is 0 Å². The quantitative estimate of drug-likeness (QED) is 0.871. The van der Waals surface area contributed by atoms with Crippen molar-refractivity contribution in [3.8, 4) is 0 Å². The van der Waals surface area contributed by atoms with Crippen LogP contribution >= 0.6 is 11.3 Å². The van der Waals surface area contributed by atoms with Crippen LogP contribution < -0.4 is 11.1 Å². The van der Waals surface area contributed by atoms with E-state index in [4.69, 9.17) is 5.73 Å². The molecule has 0 saturated heterocycles. The zero-order valence-electron chi connectivity index (χ0n) is 11.8. The summed E-state index contributed by atoms with van der Waals surface area (Å²) in [4.78, 5) is 13.3. The minimum Gasteiger partial charge on any atom is -0.355 e. The van der Waals surface area contributed by atoms with Crippen LogP contribution in [0.2, 0.25) is 0 Å². The number of carbonyl (C=O) groups excluding carboxylic acids is 1. The molecule has 1 aliphatic carbocycles. The second-order valence-electron chi connectivity index (χ2n) is 6.20. The number of nitrogens with two attached hydrogens (primary N) is 1. The Morgan fingerprint density at radius 3 is 2.89 bits per heavy atom. The van der Waals surface area contributed by atoms with Gasteiger partial charge in [0.2, 0.25) is 5.91 Å². The molecule has 1 aromatic rings. The normalized spacial score (nSPS) is 23.5. The molecule has 0 radical (unpaired) electrons. The zero-order valence-corrected chi connectivity index (χ0v) is 12.6. The zero-order chi connectivity index (χ0) is 13.9. The molecule has 4 heteroatoms. The summed E-state index contributed by atoms with van der Waals surface area (Å²) in [6.45, 7) is 5.02. The molecule has 1 fully saturated rings. The van der Waals surface area contributed by atoms with Crippen molar-refractivity contribution in [1.29, 1.82) is 0 Å². The van der Waals surface area contributed by atoms with Gasteiger partial charge < -0.3 is 11.1 Å². The van der Waals surface area contributed by atoms with Crippen molar-refractivity contribution in [2.75, 3.05) is 6.54 Å². The predicted molar refractivity (Wildman–Crippen MR) is 80.3 cm³/mol. The Balaban J connectivity index is 1.80. The fraction of sp³-hybridized carbons (Fsp3) is 0.667. The molecule has 1 heterocycles. The van der Waals surface area contributed by atoms with Gasteiger partial charge in [0.05, 0.1) is 0 Å². The highest BCUT2D eigenvalue weighted by molar-refractivity contribution is 7.10. The summed E-state index contributed by atoms with van der Waals surface area (Å²) in [5.74, 6) is 0.525. The molecule has 0 aliphatic heterocycles. The third-order valence-corrected chi connectivity index (χ3v) is 5.32. The van der Waals surface area contributed by atoms with Gasteiger partial charge in [-0.3, -0.25) is 4.79 Å². The van der Waals surface area contributed by atoms with E-state index in [9.17, 15) is 4.79 Å². The average molecular weight is 280 g/mol. The van der Waals surface area contributed by atoms with E-state index in [1.165, 1.54) is 11.3 Å². The van der Waals surface area contributed by atoms with Crippen LogP contribution in [0.5, 0.6) is 0 Å². The van der Waals surface area contributed by atoms with Crippen molar-refractivity contribution in [3.63, 3.8) is 0 Å². The van der Waals surface area contributed by atoms with Crippen molar-refractivity contribution in [2.24, 2.45) is 11.7 Å². The molecule has 1 aliphatic rings. The maximum absolute atomic E-state index is 12.0. The molecular weight excluding hydrogens is 256 g/mol. The molecule has 3 nitrogen and oxygen atoms in total. The lowest BCUT2D eigenvalue weighted by Crippen LogP contribution is -2.38. The summed E-state index contributed by atoms with van der Waals surface area (Å²) in [7, 11) is 0. The summed E-state index contributed by atoms with van der Waals surface area (Å²) in [6.07, 6.45) is 3.92. The third-order valence-electron chi connectivity index (χ3n) is 4.08. The highest BCUT2D eigenvalue weighted by Gasteiger charge is 2.27. The molecule has 2 rings (SSSR count). The van der Waals surface area contributed by atoms with Crippen molar-refractivity contribution in [3.05, 3.63) is 22.4 Å². The van der Waals surface area contributed by atoms with E-state index >= 15 is 0 Å². The molecule has 19 heavy (non-hydrogen) atoms. The van der Waals surface area contributed by atoms with Gasteiger partial charge in [-0.1, -0.05) is 26.3 Å². The Hall–Kier alpha value is -0.870. The minimum absolute atomic E-state index is 0.00161. The van der Waals surface area contributed by atoms with Crippen LogP contribution in [0.15, 0.2) is 17.5 Å². The van der Waals surface area contributed by atoms with Crippen LogP contribution in [-0.2, 0) is 10.2 Å². The second-order valence-corrected chi connectivity index (χ2v) is 7.14. The van der Waals surface area contributed by atoms with E-state index in [-0.39, 0.29) is 17.4 Å². The monoisotopic (exact) mass is 280 g/mol. The topological polar surface area (TPSA) is 55.1 Å². The minimum atomic E-state index is 0.00161. The lowest BCUT2D eigenvalue weighted by Gasteiger charge is -2.24. The van der Waals surface area contributed by atoms with Crippen LogP contribution in [0.25, 0.3) is 0 Å². The molecule has 0 aromatic carbocycles. The van der Waals surface area contributed by atoms with Crippen molar-refractivity contribution in [2.45, 2.75) is 51.0 Å². The highest BCUT2D eigenvalue weighted by atomic mass is 32.1. The van der Waals surface area contributed by atoms with Gasteiger partial charge in [0.15, 0.2) is 0 Å². The third kappa shape index (κ3) is 3.80. The van der Waals surface area contributed by atoms with E-state index in [1.54, 1.807) is 11.3 Å². The Bertz CT molecular complexity index is 414. The Kier molecular flexibility index (Phi) is 4.63. The summed E-state index contributed by atoms with van der Waals surface area (Å²) in [6, 6.07) is 4.40. The number of nitrogens with one attached hydrogen (secondary N) is 1. The van der Waals surface area contributed by atoms with Gasteiger partial charge in [-0.15, -0.1) is 11.3 Å². The van der Waals surface area contributed by atoms with E-state index < -0.39 is 0 Å². The van der Waals surface area contributed by atoms with E-state index in [0.717, 1.165) is 12.8 Å². The summed E-state index contributed by atoms with van der Waals surface area (Å²) in [5, 5.41) is 5.15. The lowest BCUT2D eigenvalue weighted by atomic mass is 9.91. The number of hydrogen-bond donors (Lipinski definition) is 2. The van der Waals surface area contributed by atoms with Gasteiger partial charge in [-0.2, -0.15) is 0 Å². The molecule has 1 saturated carbocycles. The molecule has 0 bridgehead atoms. The highest BCUT2D eigenvalue weighted by Crippen LogP contribution is 2.28. The number of amides is 1. The number of hydrogen-bond acceptors (Lipinski definition) is 3. The molecule has 1 aromatic heterocycles. The van der Waals surface area contributed by atoms with E-state index in [2.05, 4.69) is 36.7 Å². The van der Waals surface area contributed by atoms with Crippen molar-refractivity contribution < 1.29 is 4.79 Å². The molecule has 106 valence electrons. The maximum Gasteiger partial charge on any atom is 0.220 e. The number of thiophene rings is 1. The first-order valence-corrected chi connectivity index (χ1v) is 7.93. The fourth-order valence-corrected chi connectivity index (χ4v) is 3.55. The maximum atomic E-state index is 12.0. The number of rotatable bonds is 5. The van der Waals surface area contributed by atoms with Gasteiger partial charge >= 0.3 is 0 Å². The first-order valence-electron chi connectivity index (χ1n) is 7.05. The summed E-state index contributed by atoms with van der Waals surface area (Å²) in [5.41, 5.74) is 6.01.